The van der Waals surface area contributed by atoms with Crippen LogP contribution in [0, 0.1) is 6.92 Å². The molecule has 0 fully saturated rings. The Morgan fingerprint density at radius 2 is 2.03 bits per heavy atom. The lowest BCUT2D eigenvalue weighted by Crippen LogP contribution is -2.31. The molecule has 3 N–H and O–H groups in total. The third kappa shape index (κ3) is 8.03. The largest absolute Gasteiger partial charge is 0.490 e. The van der Waals surface area contributed by atoms with Crippen LogP contribution in [0.1, 0.15) is 37.8 Å². The van der Waals surface area contributed by atoms with Crippen molar-refractivity contribution < 1.29 is 13.7 Å². The van der Waals surface area contributed by atoms with Crippen molar-refractivity contribution in [2.24, 2.45) is 5.14 Å². The molecule has 0 bridgehead atoms. The van der Waals surface area contributed by atoms with Gasteiger partial charge < -0.3 is 14.8 Å². The molecule has 158 valence electrons. The molecule has 5 nitrogen and oxygen atoms in total. The lowest BCUT2D eigenvalue weighted by Gasteiger charge is -2.16. The van der Waals surface area contributed by atoms with Crippen LogP contribution in [0.3, 0.4) is 0 Å². The number of unbranched alkanes of at least 4 members (excludes halogenated alkanes) is 1. The Labute approximate surface area is 176 Å². The number of ether oxygens (including phenoxy) is 2. The quantitative estimate of drug-likeness (QED) is 0.401. The van der Waals surface area contributed by atoms with Crippen molar-refractivity contribution in [2.45, 2.75) is 51.0 Å². The molecule has 0 heterocycles. The average molecular weight is 417 g/mol. The Bertz CT molecular complexity index is 823. The lowest BCUT2D eigenvalue weighted by molar-refractivity contribution is 0.167. The fraction of sp³-hybridized carbons (Fsp3) is 0.435. The predicted octanol–water partition coefficient (Wildman–Crippen LogP) is 3.82. The second-order valence-corrected chi connectivity index (χ2v) is 8.11. The fourth-order valence-corrected chi connectivity index (χ4v) is 3.56. The number of allylic oxidation sites excluding steroid dienone is 3. The molecule has 2 rings (SSSR count). The van der Waals surface area contributed by atoms with E-state index in [4.69, 9.17) is 14.6 Å². The SMILES string of the molecule is CCCCOC1=C(OCCN[C@H](C)Cc2ccc(C)c(S(N)=O)c2)C=C=CC=C1. The maximum Gasteiger partial charge on any atom is 0.168 e. The second-order valence-electron chi connectivity index (χ2n) is 7.07. The second kappa shape index (κ2) is 12.5. The first-order chi connectivity index (χ1) is 14.0. The van der Waals surface area contributed by atoms with E-state index in [1.54, 1.807) is 0 Å². The van der Waals surface area contributed by atoms with E-state index < -0.39 is 11.0 Å². The zero-order valence-corrected chi connectivity index (χ0v) is 18.4. The van der Waals surface area contributed by atoms with Gasteiger partial charge in [0.05, 0.1) is 11.5 Å². The monoisotopic (exact) mass is 416 g/mol. The van der Waals surface area contributed by atoms with Gasteiger partial charge in [-0.05, 0) is 56.0 Å². The molecule has 1 unspecified atom stereocenters. The number of hydrogen-bond acceptors (Lipinski definition) is 4. The minimum atomic E-state index is -1.46. The van der Waals surface area contributed by atoms with Crippen LogP contribution >= 0.6 is 0 Å². The van der Waals surface area contributed by atoms with Gasteiger partial charge in [0.1, 0.15) is 17.6 Å². The van der Waals surface area contributed by atoms with E-state index in [2.05, 4.69) is 31.0 Å². The van der Waals surface area contributed by atoms with E-state index in [1.807, 2.05) is 43.4 Å². The van der Waals surface area contributed by atoms with E-state index in [0.29, 0.717) is 30.4 Å². The van der Waals surface area contributed by atoms with Crippen molar-refractivity contribution in [3.63, 3.8) is 0 Å². The third-order valence-corrected chi connectivity index (χ3v) is 5.39. The van der Waals surface area contributed by atoms with E-state index in [1.165, 1.54) is 0 Å². The summed E-state index contributed by atoms with van der Waals surface area (Å²) in [6.45, 7) is 8.09. The predicted molar refractivity (Wildman–Crippen MR) is 119 cm³/mol. The zero-order chi connectivity index (χ0) is 21.1. The van der Waals surface area contributed by atoms with Crippen LogP contribution in [0.25, 0.3) is 0 Å². The molecule has 6 heteroatoms. The van der Waals surface area contributed by atoms with Crippen LogP contribution in [0.15, 0.2) is 64.6 Å². The van der Waals surface area contributed by atoms with Gasteiger partial charge in [-0.1, -0.05) is 31.6 Å². The number of hydrogen-bond donors (Lipinski definition) is 2. The molecule has 0 aromatic heterocycles. The number of aryl methyl sites for hydroxylation is 1. The van der Waals surface area contributed by atoms with Crippen LogP contribution in [0.5, 0.6) is 0 Å². The minimum Gasteiger partial charge on any atom is -0.490 e. The molecule has 1 aliphatic carbocycles. The van der Waals surface area contributed by atoms with Crippen LogP contribution in [-0.4, -0.2) is 30.0 Å². The van der Waals surface area contributed by atoms with Crippen molar-refractivity contribution in [3.05, 3.63) is 70.9 Å². The molecule has 0 radical (unpaired) electrons. The third-order valence-electron chi connectivity index (χ3n) is 4.52. The van der Waals surface area contributed by atoms with Gasteiger partial charge in [-0.3, -0.25) is 0 Å². The smallest absolute Gasteiger partial charge is 0.168 e. The standard InChI is InChI=1S/C23H32N2O3S/c1-4-5-14-27-21-9-7-6-8-10-22(21)28-15-13-25-19(3)16-20-12-11-18(2)23(17-20)29(24)26/h6-7,9-12,17,19,25H,4-5,13-16,24H2,1-3H3/t19-,29?/m1/s1. The lowest BCUT2D eigenvalue weighted by atomic mass is 10.1. The van der Waals surface area contributed by atoms with Gasteiger partial charge in [-0.25, -0.2) is 9.35 Å². The van der Waals surface area contributed by atoms with Crippen molar-refractivity contribution in [1.82, 2.24) is 5.32 Å². The van der Waals surface area contributed by atoms with E-state index in [-0.39, 0.29) is 6.04 Å². The summed E-state index contributed by atoms with van der Waals surface area (Å²) < 4.78 is 23.4. The Balaban J connectivity index is 1.82. The first-order valence-corrected chi connectivity index (χ1v) is 11.3. The molecule has 0 amide bonds. The van der Waals surface area contributed by atoms with Crippen molar-refractivity contribution in [3.8, 4) is 0 Å². The first-order valence-electron chi connectivity index (χ1n) is 10.1. The Kier molecular flexibility index (Phi) is 9.95. The molecule has 0 saturated carbocycles. The van der Waals surface area contributed by atoms with Gasteiger partial charge in [0, 0.05) is 18.7 Å². The Morgan fingerprint density at radius 1 is 1.24 bits per heavy atom. The number of rotatable bonds is 12. The van der Waals surface area contributed by atoms with Crippen molar-refractivity contribution in [2.75, 3.05) is 19.8 Å². The number of benzene rings is 1. The summed E-state index contributed by atoms with van der Waals surface area (Å²) in [6, 6.07) is 6.20. The van der Waals surface area contributed by atoms with E-state index in [9.17, 15) is 4.21 Å². The summed E-state index contributed by atoms with van der Waals surface area (Å²) >= 11 is 0. The van der Waals surface area contributed by atoms with Crippen LogP contribution in [0.2, 0.25) is 0 Å². The maximum atomic E-state index is 11.6. The molecular weight excluding hydrogens is 384 g/mol. The molecule has 29 heavy (non-hydrogen) atoms. The highest BCUT2D eigenvalue weighted by Gasteiger charge is 2.09. The summed E-state index contributed by atoms with van der Waals surface area (Å²) in [4.78, 5) is 0.696. The normalized spacial score (nSPS) is 15.3. The van der Waals surface area contributed by atoms with Gasteiger partial charge >= 0.3 is 0 Å². The van der Waals surface area contributed by atoms with E-state index in [0.717, 1.165) is 36.1 Å². The minimum absolute atomic E-state index is 0.249. The van der Waals surface area contributed by atoms with Gasteiger partial charge in [0.2, 0.25) is 0 Å². The molecule has 1 aromatic rings. The molecular formula is C23H32N2O3S. The van der Waals surface area contributed by atoms with Crippen molar-refractivity contribution in [1.29, 1.82) is 0 Å². The Hall–Kier alpha value is -2.11. The number of nitrogens with one attached hydrogen (secondary N) is 1. The zero-order valence-electron chi connectivity index (χ0n) is 17.6. The summed E-state index contributed by atoms with van der Waals surface area (Å²) in [5.74, 6) is 1.45. The highest BCUT2D eigenvalue weighted by Crippen LogP contribution is 2.16. The molecule has 0 saturated heterocycles. The van der Waals surface area contributed by atoms with E-state index >= 15 is 0 Å². The maximum absolute atomic E-state index is 11.6. The fourth-order valence-electron chi connectivity index (χ4n) is 2.91. The Morgan fingerprint density at radius 3 is 2.79 bits per heavy atom. The summed E-state index contributed by atoms with van der Waals surface area (Å²) in [5.41, 5.74) is 5.13. The summed E-state index contributed by atoms with van der Waals surface area (Å²) in [6.07, 6.45) is 10.4. The topological polar surface area (TPSA) is 73.6 Å². The van der Waals surface area contributed by atoms with Crippen LogP contribution < -0.4 is 10.5 Å². The average Bonchev–Trinajstić information content (AvgIpc) is 2.92. The summed E-state index contributed by atoms with van der Waals surface area (Å²) in [5, 5.41) is 9.02. The highest BCUT2D eigenvalue weighted by atomic mass is 32.2. The van der Waals surface area contributed by atoms with Gasteiger partial charge in [-0.15, -0.1) is 5.73 Å². The van der Waals surface area contributed by atoms with Crippen LogP contribution in [-0.2, 0) is 26.9 Å². The van der Waals surface area contributed by atoms with Crippen LogP contribution in [0.4, 0.5) is 0 Å². The highest BCUT2D eigenvalue weighted by molar-refractivity contribution is 7.82. The molecule has 0 aliphatic heterocycles. The van der Waals surface area contributed by atoms with Crippen molar-refractivity contribution >= 4 is 11.0 Å². The molecule has 1 aliphatic rings. The van der Waals surface area contributed by atoms with Gasteiger partial charge in [0.15, 0.2) is 11.5 Å². The first kappa shape index (κ1) is 23.2. The molecule has 1 aromatic carbocycles. The summed E-state index contributed by atoms with van der Waals surface area (Å²) in [7, 11) is -1.46. The molecule has 0 spiro atoms. The molecule has 2 atom stereocenters. The van der Waals surface area contributed by atoms with Gasteiger partial charge in [-0.2, -0.15) is 0 Å². The number of nitrogens with two attached hydrogens (primary N) is 1. The van der Waals surface area contributed by atoms with Gasteiger partial charge in [0.25, 0.3) is 0 Å².